The van der Waals surface area contributed by atoms with Crippen LogP contribution in [0.15, 0.2) is 46.7 Å². The Bertz CT molecular complexity index is 704. The number of hydrogen-bond donors (Lipinski definition) is 0. The Morgan fingerprint density at radius 2 is 1.88 bits per heavy atom. The van der Waals surface area contributed by atoms with Crippen LogP contribution in [0.2, 0.25) is 0 Å². The number of nitrogens with zero attached hydrogens (tertiary/aromatic N) is 4. The molecule has 1 aromatic carbocycles. The van der Waals surface area contributed by atoms with Crippen LogP contribution in [0.1, 0.15) is 5.56 Å². The molecule has 1 aromatic rings. The fourth-order valence-electron chi connectivity index (χ4n) is 2.86. The van der Waals surface area contributed by atoms with Crippen molar-refractivity contribution >= 4 is 18.3 Å². The van der Waals surface area contributed by atoms with Crippen LogP contribution in [-0.2, 0) is 14.3 Å². The zero-order valence-corrected chi connectivity index (χ0v) is 14.5. The van der Waals surface area contributed by atoms with E-state index in [-0.39, 0.29) is 0 Å². The van der Waals surface area contributed by atoms with Gasteiger partial charge in [0, 0.05) is 52.4 Å². The number of ether oxygens (including phenoxy) is 1. The first-order chi connectivity index (χ1) is 12.1. The summed E-state index contributed by atoms with van der Waals surface area (Å²) in [6, 6.07) is 9.40. The first kappa shape index (κ1) is 17.2. The molecule has 7 heteroatoms. The monoisotopic (exact) mass is 342 g/mol. The van der Waals surface area contributed by atoms with Crippen molar-refractivity contribution in [2.75, 3.05) is 46.8 Å². The predicted octanol–water partition coefficient (Wildman–Crippen LogP) is 0.537. The molecule has 0 aliphatic carbocycles. The summed E-state index contributed by atoms with van der Waals surface area (Å²) < 4.78 is 5.37. The summed E-state index contributed by atoms with van der Waals surface area (Å²) in [4.78, 5) is 33.5. The second-order valence-corrected chi connectivity index (χ2v) is 6.28. The highest BCUT2D eigenvalue weighted by molar-refractivity contribution is 6.11. The van der Waals surface area contributed by atoms with Crippen molar-refractivity contribution in [3.05, 3.63) is 47.3 Å². The number of benzene rings is 1. The third-order valence-corrected chi connectivity index (χ3v) is 4.36. The highest BCUT2D eigenvalue weighted by Gasteiger charge is 2.29. The number of hydrogen-bond acceptors (Lipinski definition) is 6. The largest absolute Gasteiger partial charge is 0.402 e. The van der Waals surface area contributed by atoms with Crippen molar-refractivity contribution in [1.82, 2.24) is 14.7 Å². The zero-order valence-electron chi connectivity index (χ0n) is 14.5. The van der Waals surface area contributed by atoms with Crippen LogP contribution < -0.4 is 0 Å². The number of carbonyl (C=O) groups is 2. The maximum Gasteiger partial charge on any atom is 0.365 e. The van der Waals surface area contributed by atoms with Gasteiger partial charge in [-0.15, -0.1) is 0 Å². The van der Waals surface area contributed by atoms with Crippen molar-refractivity contribution in [1.29, 1.82) is 0 Å². The molecule has 7 nitrogen and oxygen atoms in total. The van der Waals surface area contributed by atoms with E-state index < -0.39 is 5.97 Å². The van der Waals surface area contributed by atoms with Gasteiger partial charge in [-0.2, -0.15) is 0 Å². The van der Waals surface area contributed by atoms with Gasteiger partial charge in [-0.3, -0.25) is 9.69 Å². The fourth-order valence-corrected chi connectivity index (χ4v) is 2.86. The maximum absolute atomic E-state index is 12.3. The van der Waals surface area contributed by atoms with E-state index in [1.807, 2.05) is 49.3 Å². The van der Waals surface area contributed by atoms with E-state index >= 15 is 0 Å². The summed E-state index contributed by atoms with van der Waals surface area (Å²) in [5, 5.41) is 0. The molecular weight excluding hydrogens is 320 g/mol. The van der Waals surface area contributed by atoms with Crippen molar-refractivity contribution in [3.63, 3.8) is 0 Å². The van der Waals surface area contributed by atoms with Gasteiger partial charge in [0.25, 0.3) is 0 Å². The van der Waals surface area contributed by atoms with Gasteiger partial charge in [-0.05, 0) is 12.1 Å². The molecule has 0 bridgehead atoms. The summed E-state index contributed by atoms with van der Waals surface area (Å²) in [6.07, 6.45) is 0.882. The van der Waals surface area contributed by atoms with E-state index in [0.717, 1.165) is 30.8 Å². The molecule has 25 heavy (non-hydrogen) atoms. The molecule has 3 rings (SSSR count). The lowest BCUT2D eigenvalue weighted by Gasteiger charge is -2.34. The van der Waals surface area contributed by atoms with Crippen LogP contribution >= 0.6 is 0 Å². The predicted molar refractivity (Wildman–Crippen MR) is 93.9 cm³/mol. The minimum Gasteiger partial charge on any atom is -0.402 e. The highest BCUT2D eigenvalue weighted by Crippen LogP contribution is 2.21. The van der Waals surface area contributed by atoms with Crippen molar-refractivity contribution in [3.8, 4) is 0 Å². The second-order valence-electron chi connectivity index (χ2n) is 6.28. The molecule has 0 unspecified atom stereocenters. The highest BCUT2D eigenvalue weighted by atomic mass is 16.6. The Morgan fingerprint density at radius 1 is 1.20 bits per heavy atom. The van der Waals surface area contributed by atoms with E-state index in [1.54, 1.807) is 4.90 Å². The SMILES string of the molecule is CN(C)C(CN1CCN(C=O)CC1)=C1N=C(c2ccccc2)OC1=O. The molecule has 0 aromatic heterocycles. The number of aliphatic imine (C=N–C) groups is 1. The molecular formula is C18H22N4O3. The quantitative estimate of drug-likeness (QED) is 0.444. The number of esters is 1. The molecule has 0 atom stereocenters. The molecule has 2 aliphatic heterocycles. The van der Waals surface area contributed by atoms with Gasteiger partial charge < -0.3 is 14.5 Å². The van der Waals surface area contributed by atoms with Gasteiger partial charge in [-0.1, -0.05) is 18.2 Å². The van der Waals surface area contributed by atoms with Crippen molar-refractivity contribution in [2.24, 2.45) is 4.99 Å². The minimum atomic E-state index is -0.422. The number of amides is 1. The molecule has 1 fully saturated rings. The lowest BCUT2D eigenvalue weighted by atomic mass is 10.2. The number of carbonyl (C=O) groups excluding carboxylic acids is 2. The van der Waals surface area contributed by atoms with Crippen LogP contribution in [0.3, 0.4) is 0 Å². The van der Waals surface area contributed by atoms with Gasteiger partial charge in [0.15, 0.2) is 5.70 Å². The van der Waals surface area contributed by atoms with Crippen LogP contribution in [0.25, 0.3) is 0 Å². The van der Waals surface area contributed by atoms with Crippen LogP contribution in [0.4, 0.5) is 0 Å². The average Bonchev–Trinajstić information content (AvgIpc) is 3.02. The van der Waals surface area contributed by atoms with E-state index in [2.05, 4.69) is 9.89 Å². The third-order valence-electron chi connectivity index (χ3n) is 4.36. The fraction of sp³-hybridized carbons (Fsp3) is 0.389. The minimum absolute atomic E-state index is 0.339. The molecule has 0 N–H and O–H groups in total. The summed E-state index contributed by atoms with van der Waals surface area (Å²) in [6.45, 7) is 3.53. The van der Waals surface area contributed by atoms with E-state index in [1.165, 1.54) is 0 Å². The Kier molecular flexibility index (Phi) is 5.14. The third kappa shape index (κ3) is 3.88. The van der Waals surface area contributed by atoms with E-state index in [4.69, 9.17) is 4.74 Å². The van der Waals surface area contributed by atoms with Crippen LogP contribution in [0.5, 0.6) is 0 Å². The Labute approximate surface area is 147 Å². The van der Waals surface area contributed by atoms with Crippen LogP contribution in [0, 0.1) is 0 Å². The first-order valence-electron chi connectivity index (χ1n) is 8.27. The smallest absolute Gasteiger partial charge is 0.365 e. The normalized spacial score (nSPS) is 20.2. The summed E-state index contributed by atoms with van der Waals surface area (Å²) in [5.74, 6) is -0.0835. The standard InChI is InChI=1S/C18H22N4O3/c1-20(2)15(12-21-8-10-22(13-23)11-9-21)16-18(24)25-17(19-16)14-6-4-3-5-7-14/h3-7,13H,8-12H2,1-2H3. The zero-order chi connectivity index (χ0) is 17.8. The summed E-state index contributed by atoms with van der Waals surface area (Å²) in [7, 11) is 3.79. The molecule has 0 saturated carbocycles. The lowest BCUT2D eigenvalue weighted by Crippen LogP contribution is -2.47. The number of likely N-dealkylation sites (N-methyl/N-ethyl adjacent to an activating group) is 1. The van der Waals surface area contributed by atoms with Gasteiger partial charge in [0.2, 0.25) is 12.3 Å². The molecule has 1 saturated heterocycles. The molecule has 0 radical (unpaired) electrons. The lowest BCUT2D eigenvalue weighted by molar-refractivity contribution is -0.130. The Morgan fingerprint density at radius 3 is 2.48 bits per heavy atom. The molecule has 0 spiro atoms. The van der Waals surface area contributed by atoms with E-state index in [0.29, 0.717) is 31.2 Å². The molecule has 1 amide bonds. The van der Waals surface area contributed by atoms with Gasteiger partial charge in [0.1, 0.15) is 0 Å². The van der Waals surface area contributed by atoms with Gasteiger partial charge in [0.05, 0.1) is 5.70 Å². The average molecular weight is 342 g/mol. The maximum atomic E-state index is 12.3. The Hall–Kier alpha value is -2.67. The second kappa shape index (κ2) is 7.48. The molecule has 2 aliphatic rings. The number of rotatable bonds is 5. The summed E-state index contributed by atoms with van der Waals surface area (Å²) >= 11 is 0. The van der Waals surface area contributed by atoms with Gasteiger partial charge in [-0.25, -0.2) is 9.79 Å². The topological polar surface area (TPSA) is 65.4 Å². The first-order valence-corrected chi connectivity index (χ1v) is 8.27. The number of piperazine rings is 1. The molecule has 2 heterocycles. The van der Waals surface area contributed by atoms with Crippen molar-refractivity contribution < 1.29 is 14.3 Å². The van der Waals surface area contributed by atoms with E-state index in [9.17, 15) is 9.59 Å². The van der Waals surface area contributed by atoms with Crippen molar-refractivity contribution in [2.45, 2.75) is 0 Å². The van der Waals surface area contributed by atoms with Crippen LogP contribution in [-0.4, -0.2) is 79.8 Å². The Balaban J connectivity index is 1.82. The van der Waals surface area contributed by atoms with Gasteiger partial charge >= 0.3 is 5.97 Å². The summed E-state index contributed by atoms with van der Waals surface area (Å²) in [5.41, 5.74) is 1.95. The molecule has 132 valence electrons. The number of cyclic esters (lactones) is 1.